The average molecular weight is 757 g/mol. The SMILES string of the molecule is c1ccc(-c2c(-c3c(-c4ccc5cccc6c5c4-c4c-6ccc5ccccc45)ccc4ccccc34)ccc3c2ccc2ccccc23)c(-c2cccc3ccccc23)c1. The van der Waals surface area contributed by atoms with Gasteiger partial charge in [-0.25, -0.2) is 0 Å². The Labute approximate surface area is 348 Å². The van der Waals surface area contributed by atoms with Gasteiger partial charge < -0.3 is 0 Å². The normalized spacial score (nSPS) is 12.0. The Morgan fingerprint density at radius 3 is 1.30 bits per heavy atom. The maximum absolute atomic E-state index is 2.42. The van der Waals surface area contributed by atoms with Crippen LogP contribution in [0.3, 0.4) is 0 Å². The van der Waals surface area contributed by atoms with Crippen LogP contribution in [0.25, 0.3) is 131 Å². The molecule has 13 rings (SSSR count). The van der Waals surface area contributed by atoms with E-state index in [0.29, 0.717) is 0 Å². The molecule has 0 atom stereocenters. The summed E-state index contributed by atoms with van der Waals surface area (Å²) in [4.78, 5) is 0. The van der Waals surface area contributed by atoms with Crippen molar-refractivity contribution in [3.05, 3.63) is 218 Å². The second-order valence-corrected chi connectivity index (χ2v) is 16.3. The van der Waals surface area contributed by atoms with E-state index in [2.05, 4.69) is 218 Å². The minimum atomic E-state index is 1.23. The van der Waals surface area contributed by atoms with Crippen molar-refractivity contribution < 1.29 is 0 Å². The van der Waals surface area contributed by atoms with Gasteiger partial charge >= 0.3 is 0 Å². The van der Waals surface area contributed by atoms with Crippen LogP contribution in [-0.4, -0.2) is 0 Å². The maximum Gasteiger partial charge on any atom is -0.000785 e. The van der Waals surface area contributed by atoms with Gasteiger partial charge in [0.1, 0.15) is 0 Å². The maximum atomic E-state index is 2.42. The van der Waals surface area contributed by atoms with Gasteiger partial charge in [0.2, 0.25) is 0 Å². The lowest BCUT2D eigenvalue weighted by Gasteiger charge is -2.23. The largest absolute Gasteiger partial charge is 0.0616 e. The molecule has 0 aliphatic heterocycles. The third kappa shape index (κ3) is 4.73. The molecule has 276 valence electrons. The summed E-state index contributed by atoms with van der Waals surface area (Å²) in [5.74, 6) is 0. The van der Waals surface area contributed by atoms with E-state index in [1.54, 1.807) is 0 Å². The van der Waals surface area contributed by atoms with Crippen molar-refractivity contribution >= 4 is 64.6 Å². The summed E-state index contributed by atoms with van der Waals surface area (Å²) in [5.41, 5.74) is 15.2. The summed E-state index contributed by atoms with van der Waals surface area (Å²) in [5, 5.41) is 15.2. The van der Waals surface area contributed by atoms with Crippen molar-refractivity contribution in [2.45, 2.75) is 0 Å². The van der Waals surface area contributed by atoms with Crippen molar-refractivity contribution in [2.24, 2.45) is 0 Å². The van der Waals surface area contributed by atoms with Crippen LogP contribution in [0.1, 0.15) is 0 Å². The van der Waals surface area contributed by atoms with E-state index < -0.39 is 0 Å². The fourth-order valence-electron chi connectivity index (χ4n) is 10.6. The molecule has 0 aromatic heterocycles. The van der Waals surface area contributed by atoms with Gasteiger partial charge in [-0.1, -0.05) is 218 Å². The summed E-state index contributed by atoms with van der Waals surface area (Å²) in [6.07, 6.45) is 0. The van der Waals surface area contributed by atoms with Gasteiger partial charge in [-0.2, -0.15) is 0 Å². The highest BCUT2D eigenvalue weighted by Gasteiger charge is 2.29. The molecule has 0 fully saturated rings. The van der Waals surface area contributed by atoms with Gasteiger partial charge in [-0.3, -0.25) is 0 Å². The highest BCUT2D eigenvalue weighted by atomic mass is 14.3. The Kier molecular flexibility index (Phi) is 7.11. The van der Waals surface area contributed by atoms with Gasteiger partial charge in [-0.05, 0) is 131 Å². The third-order valence-corrected chi connectivity index (χ3v) is 13.2. The summed E-state index contributed by atoms with van der Waals surface area (Å²) in [6, 6.07) is 81.6. The van der Waals surface area contributed by atoms with Crippen LogP contribution in [0.15, 0.2) is 218 Å². The first-order valence-corrected chi connectivity index (χ1v) is 20.9. The Morgan fingerprint density at radius 1 is 0.150 bits per heavy atom. The minimum absolute atomic E-state index is 1.23. The first-order chi connectivity index (χ1) is 29.8. The van der Waals surface area contributed by atoms with Crippen LogP contribution in [-0.2, 0) is 0 Å². The molecule has 1 aliphatic rings. The number of benzene rings is 12. The van der Waals surface area contributed by atoms with E-state index in [1.165, 1.54) is 131 Å². The zero-order chi connectivity index (χ0) is 39.3. The van der Waals surface area contributed by atoms with Crippen molar-refractivity contribution in [1.82, 2.24) is 0 Å². The van der Waals surface area contributed by atoms with E-state index in [4.69, 9.17) is 0 Å². The molecule has 0 heterocycles. The predicted octanol–water partition coefficient (Wildman–Crippen LogP) is 16.9. The molecule has 0 bridgehead atoms. The molecule has 0 saturated carbocycles. The molecule has 0 N–H and O–H groups in total. The first-order valence-electron chi connectivity index (χ1n) is 20.9. The van der Waals surface area contributed by atoms with Crippen molar-refractivity contribution in [3.8, 4) is 66.8 Å². The molecule has 60 heavy (non-hydrogen) atoms. The summed E-state index contributed by atoms with van der Waals surface area (Å²) in [7, 11) is 0. The summed E-state index contributed by atoms with van der Waals surface area (Å²) >= 11 is 0. The van der Waals surface area contributed by atoms with E-state index in [0.717, 1.165) is 0 Å². The zero-order valence-corrected chi connectivity index (χ0v) is 32.8. The Hall–Kier alpha value is -7.80. The van der Waals surface area contributed by atoms with E-state index >= 15 is 0 Å². The van der Waals surface area contributed by atoms with Crippen molar-refractivity contribution in [3.63, 3.8) is 0 Å². The standard InChI is InChI=1S/C60H36/c1-5-19-42-37(13-1)17-11-25-46(42)47-23-9-10-24-49(47)58-51-31-27-38-14-2-6-20-43(38)48(51)35-36-55(58)57-44-21-7-3-15-39(44)28-32-52(57)54-34-30-41-18-12-26-50-53-33-29-40-16-4-8-22-45(40)59(53)60(54)56(41)50/h1-36H. The Morgan fingerprint density at radius 2 is 0.567 bits per heavy atom. The van der Waals surface area contributed by atoms with Gasteiger partial charge in [0.05, 0.1) is 0 Å². The second kappa shape index (κ2) is 12.9. The summed E-state index contributed by atoms with van der Waals surface area (Å²) < 4.78 is 0. The summed E-state index contributed by atoms with van der Waals surface area (Å²) in [6.45, 7) is 0. The Bertz CT molecular complexity index is 3770. The monoisotopic (exact) mass is 756 g/mol. The molecule has 12 aromatic rings. The molecular weight excluding hydrogens is 721 g/mol. The van der Waals surface area contributed by atoms with E-state index in [-0.39, 0.29) is 0 Å². The smallest absolute Gasteiger partial charge is 0.000785 e. The molecule has 0 amide bonds. The van der Waals surface area contributed by atoms with Crippen molar-refractivity contribution in [1.29, 1.82) is 0 Å². The van der Waals surface area contributed by atoms with Gasteiger partial charge in [0, 0.05) is 0 Å². The van der Waals surface area contributed by atoms with Crippen LogP contribution in [0.4, 0.5) is 0 Å². The van der Waals surface area contributed by atoms with Crippen LogP contribution in [0, 0.1) is 0 Å². The van der Waals surface area contributed by atoms with Crippen LogP contribution in [0.2, 0.25) is 0 Å². The number of rotatable bonds is 4. The van der Waals surface area contributed by atoms with Gasteiger partial charge in [-0.15, -0.1) is 0 Å². The lowest BCUT2D eigenvalue weighted by Crippen LogP contribution is -1.96. The van der Waals surface area contributed by atoms with Crippen molar-refractivity contribution in [2.75, 3.05) is 0 Å². The molecular formula is C60H36. The molecule has 0 saturated heterocycles. The van der Waals surface area contributed by atoms with E-state index in [1.807, 2.05) is 0 Å². The molecule has 1 aliphatic carbocycles. The predicted molar refractivity (Wildman–Crippen MR) is 258 cm³/mol. The molecule has 0 heteroatoms. The fraction of sp³-hybridized carbons (Fsp3) is 0. The number of hydrogen-bond donors (Lipinski definition) is 0. The number of fused-ring (bicyclic) bond motifs is 10. The third-order valence-electron chi connectivity index (χ3n) is 13.2. The molecule has 0 radical (unpaired) electrons. The molecule has 0 spiro atoms. The fourth-order valence-corrected chi connectivity index (χ4v) is 10.6. The highest BCUT2D eigenvalue weighted by Crippen LogP contribution is 2.56. The minimum Gasteiger partial charge on any atom is -0.0616 e. The first kappa shape index (κ1) is 33.2. The van der Waals surface area contributed by atoms with Crippen LogP contribution in [0.5, 0.6) is 0 Å². The zero-order valence-electron chi connectivity index (χ0n) is 32.8. The quantitative estimate of drug-likeness (QED) is 0.157. The lowest BCUT2D eigenvalue weighted by atomic mass is 9.80. The second-order valence-electron chi connectivity index (χ2n) is 16.3. The topological polar surface area (TPSA) is 0 Å². The lowest BCUT2D eigenvalue weighted by molar-refractivity contribution is 1.60. The van der Waals surface area contributed by atoms with Crippen LogP contribution < -0.4 is 0 Å². The molecule has 12 aromatic carbocycles. The van der Waals surface area contributed by atoms with Gasteiger partial charge in [0.15, 0.2) is 0 Å². The Balaban J connectivity index is 1.19. The average Bonchev–Trinajstić information content (AvgIpc) is 3.67. The van der Waals surface area contributed by atoms with E-state index in [9.17, 15) is 0 Å². The molecule has 0 nitrogen and oxygen atoms in total. The number of hydrogen-bond acceptors (Lipinski definition) is 0. The highest BCUT2D eigenvalue weighted by molar-refractivity contribution is 6.26. The van der Waals surface area contributed by atoms with Gasteiger partial charge in [0.25, 0.3) is 0 Å². The van der Waals surface area contributed by atoms with Crippen LogP contribution >= 0.6 is 0 Å². The molecule has 0 unspecified atom stereocenters.